The Labute approximate surface area is 121 Å². The van der Waals surface area contributed by atoms with Gasteiger partial charge >= 0.3 is 0 Å². The van der Waals surface area contributed by atoms with Crippen LogP contribution >= 0.6 is 0 Å². The van der Waals surface area contributed by atoms with E-state index in [1.165, 1.54) is 24.3 Å². The number of hydrogen-bond donors (Lipinski definition) is 1. The Morgan fingerprint density at radius 1 is 1.29 bits per heavy atom. The average molecular weight is 289 g/mol. The Hall–Kier alpha value is -2.44. The maximum atomic E-state index is 12.1. The van der Waals surface area contributed by atoms with Crippen LogP contribution in [0.5, 0.6) is 0 Å². The zero-order chi connectivity index (χ0) is 15.0. The highest BCUT2D eigenvalue weighted by molar-refractivity contribution is 5.97. The van der Waals surface area contributed by atoms with Gasteiger partial charge in [-0.1, -0.05) is 0 Å². The van der Waals surface area contributed by atoms with Gasteiger partial charge in [-0.05, 0) is 25.0 Å². The Morgan fingerprint density at radius 2 is 1.95 bits per heavy atom. The van der Waals surface area contributed by atoms with E-state index in [0.717, 1.165) is 12.8 Å². The number of nitro benzene ring substituents is 1. The fourth-order valence-electron chi connectivity index (χ4n) is 2.56. The molecule has 7 heteroatoms. The van der Waals surface area contributed by atoms with Crippen LogP contribution in [-0.2, 0) is 9.59 Å². The Kier molecular flexibility index (Phi) is 3.32. The third-order valence-electron chi connectivity index (χ3n) is 3.86. The monoisotopic (exact) mass is 289 g/mol. The zero-order valence-corrected chi connectivity index (χ0v) is 11.3. The van der Waals surface area contributed by atoms with Crippen LogP contribution in [0, 0.1) is 16.0 Å². The minimum atomic E-state index is -0.491. The number of likely N-dealkylation sites (tertiary alicyclic amines) is 1. The van der Waals surface area contributed by atoms with Crippen LogP contribution in [0.3, 0.4) is 0 Å². The van der Waals surface area contributed by atoms with Gasteiger partial charge < -0.3 is 10.2 Å². The van der Waals surface area contributed by atoms with E-state index >= 15 is 0 Å². The van der Waals surface area contributed by atoms with Crippen LogP contribution < -0.4 is 5.32 Å². The van der Waals surface area contributed by atoms with E-state index in [4.69, 9.17) is 0 Å². The number of carbonyl (C=O) groups excluding carboxylic acids is 2. The highest BCUT2D eigenvalue weighted by atomic mass is 16.6. The summed E-state index contributed by atoms with van der Waals surface area (Å²) in [7, 11) is 0. The number of benzene rings is 1. The summed E-state index contributed by atoms with van der Waals surface area (Å²) in [6.45, 7) is 0.475. The fourth-order valence-corrected chi connectivity index (χ4v) is 2.56. The lowest BCUT2D eigenvalue weighted by molar-refractivity contribution is -0.384. The summed E-state index contributed by atoms with van der Waals surface area (Å²) < 4.78 is 0. The van der Waals surface area contributed by atoms with Crippen LogP contribution in [-0.4, -0.2) is 34.2 Å². The number of nitrogens with zero attached hydrogens (tertiary/aromatic N) is 2. The second-order valence-corrected chi connectivity index (χ2v) is 5.47. The van der Waals surface area contributed by atoms with Gasteiger partial charge in [-0.25, -0.2) is 0 Å². The van der Waals surface area contributed by atoms with E-state index < -0.39 is 4.92 Å². The maximum absolute atomic E-state index is 12.1. The number of carbonyl (C=O) groups is 2. The lowest BCUT2D eigenvalue weighted by atomic mass is 10.1. The first kappa shape index (κ1) is 13.5. The third-order valence-corrected chi connectivity index (χ3v) is 3.86. The smallest absolute Gasteiger partial charge is 0.269 e. The molecule has 0 unspecified atom stereocenters. The lowest BCUT2D eigenvalue weighted by Crippen LogP contribution is -2.29. The van der Waals surface area contributed by atoms with Gasteiger partial charge in [0.2, 0.25) is 11.8 Å². The molecular weight excluding hydrogens is 274 g/mol. The van der Waals surface area contributed by atoms with Gasteiger partial charge in [0.15, 0.2) is 0 Å². The second kappa shape index (κ2) is 5.16. The largest absolute Gasteiger partial charge is 0.339 e. The summed E-state index contributed by atoms with van der Waals surface area (Å²) in [5.74, 6) is -0.505. The summed E-state index contributed by atoms with van der Waals surface area (Å²) in [6, 6.07) is 5.99. The van der Waals surface area contributed by atoms with E-state index in [2.05, 4.69) is 5.32 Å². The molecule has 0 spiro atoms. The molecule has 2 amide bonds. The molecule has 21 heavy (non-hydrogen) atoms. The molecule has 1 atom stereocenters. The summed E-state index contributed by atoms with van der Waals surface area (Å²) in [6.07, 6.45) is 2.31. The van der Waals surface area contributed by atoms with E-state index in [0.29, 0.717) is 18.3 Å². The number of non-ortho nitro benzene ring substituents is 1. The van der Waals surface area contributed by atoms with Gasteiger partial charge in [-0.2, -0.15) is 0 Å². The van der Waals surface area contributed by atoms with Gasteiger partial charge in [-0.3, -0.25) is 19.7 Å². The molecule has 1 aliphatic carbocycles. The van der Waals surface area contributed by atoms with Crippen molar-refractivity contribution >= 4 is 23.2 Å². The first-order valence-corrected chi connectivity index (χ1v) is 6.89. The molecule has 1 heterocycles. The molecule has 1 aliphatic heterocycles. The van der Waals surface area contributed by atoms with Crippen molar-refractivity contribution in [1.82, 2.24) is 4.90 Å². The van der Waals surface area contributed by atoms with Crippen molar-refractivity contribution in [3.05, 3.63) is 34.4 Å². The minimum absolute atomic E-state index is 0.0241. The molecule has 2 aliphatic rings. The van der Waals surface area contributed by atoms with Crippen molar-refractivity contribution in [2.45, 2.75) is 25.3 Å². The number of amides is 2. The Balaban J connectivity index is 1.61. The molecule has 3 rings (SSSR count). The molecular formula is C14H15N3O4. The normalized spacial score (nSPS) is 21.4. The Morgan fingerprint density at radius 3 is 2.52 bits per heavy atom. The van der Waals surface area contributed by atoms with Crippen LogP contribution in [0.2, 0.25) is 0 Å². The number of rotatable bonds is 4. The quantitative estimate of drug-likeness (QED) is 0.672. The molecule has 0 radical (unpaired) electrons. The van der Waals surface area contributed by atoms with E-state index in [-0.39, 0.29) is 29.8 Å². The van der Waals surface area contributed by atoms with Crippen LogP contribution in [0.25, 0.3) is 0 Å². The van der Waals surface area contributed by atoms with Gasteiger partial charge in [-0.15, -0.1) is 0 Å². The molecule has 0 bridgehead atoms. The average Bonchev–Trinajstić information content (AvgIpc) is 3.22. The number of nitrogens with one attached hydrogen (secondary N) is 1. The maximum Gasteiger partial charge on any atom is 0.269 e. The molecule has 0 aromatic heterocycles. The number of anilines is 1. The van der Waals surface area contributed by atoms with Gasteiger partial charge in [0.05, 0.1) is 10.8 Å². The molecule has 1 aromatic rings. The Bertz CT molecular complexity index is 595. The SMILES string of the molecule is O=C(Nc1ccc([N+](=O)[O-])cc1)[C@H]1CC(=O)N(C2CC2)C1. The third kappa shape index (κ3) is 2.86. The first-order chi connectivity index (χ1) is 10.0. The molecule has 2 fully saturated rings. The second-order valence-electron chi connectivity index (χ2n) is 5.47. The summed E-state index contributed by atoms with van der Waals surface area (Å²) in [4.78, 5) is 35.8. The molecule has 1 aromatic carbocycles. The topological polar surface area (TPSA) is 92.5 Å². The van der Waals surface area contributed by atoms with Crippen molar-refractivity contribution < 1.29 is 14.5 Å². The van der Waals surface area contributed by atoms with Crippen molar-refractivity contribution in [3.63, 3.8) is 0 Å². The summed E-state index contributed by atoms with van der Waals surface area (Å²) in [5, 5.41) is 13.3. The van der Waals surface area contributed by atoms with Crippen LogP contribution in [0.1, 0.15) is 19.3 Å². The highest BCUT2D eigenvalue weighted by Crippen LogP contribution is 2.33. The fraction of sp³-hybridized carbons (Fsp3) is 0.429. The predicted octanol–water partition coefficient (Wildman–Crippen LogP) is 1.54. The summed E-state index contributed by atoms with van der Waals surface area (Å²) >= 11 is 0. The van der Waals surface area contributed by atoms with Crippen molar-refractivity contribution in [2.75, 3.05) is 11.9 Å². The molecule has 7 nitrogen and oxygen atoms in total. The number of nitro groups is 1. The molecule has 1 N–H and O–H groups in total. The first-order valence-electron chi connectivity index (χ1n) is 6.89. The minimum Gasteiger partial charge on any atom is -0.339 e. The molecule has 1 saturated heterocycles. The van der Waals surface area contributed by atoms with E-state index in [9.17, 15) is 19.7 Å². The van der Waals surface area contributed by atoms with E-state index in [1.54, 1.807) is 4.90 Å². The van der Waals surface area contributed by atoms with Crippen LogP contribution in [0.4, 0.5) is 11.4 Å². The molecule has 110 valence electrons. The standard InChI is InChI=1S/C14H15N3O4/c18-13-7-9(8-16(13)11-5-6-11)14(19)15-10-1-3-12(4-2-10)17(20)21/h1-4,9,11H,5-8H2,(H,15,19)/t9-/m0/s1. The van der Waals surface area contributed by atoms with Crippen molar-refractivity contribution in [3.8, 4) is 0 Å². The zero-order valence-electron chi connectivity index (χ0n) is 11.3. The van der Waals surface area contributed by atoms with Crippen LogP contribution in [0.15, 0.2) is 24.3 Å². The lowest BCUT2D eigenvalue weighted by Gasteiger charge is -2.15. The molecule has 1 saturated carbocycles. The van der Waals surface area contributed by atoms with Gasteiger partial charge in [0, 0.05) is 36.8 Å². The predicted molar refractivity (Wildman–Crippen MR) is 74.6 cm³/mol. The highest BCUT2D eigenvalue weighted by Gasteiger charge is 2.41. The van der Waals surface area contributed by atoms with Gasteiger partial charge in [0.25, 0.3) is 5.69 Å². The van der Waals surface area contributed by atoms with Crippen molar-refractivity contribution in [2.24, 2.45) is 5.92 Å². The van der Waals surface area contributed by atoms with Crippen molar-refractivity contribution in [1.29, 1.82) is 0 Å². The number of hydrogen-bond acceptors (Lipinski definition) is 4. The van der Waals surface area contributed by atoms with Gasteiger partial charge in [0.1, 0.15) is 0 Å². The van der Waals surface area contributed by atoms with E-state index in [1.807, 2.05) is 0 Å². The summed E-state index contributed by atoms with van der Waals surface area (Å²) in [5.41, 5.74) is 0.479.